The monoisotopic (exact) mass is 325 g/mol. The van der Waals surface area contributed by atoms with Crippen molar-refractivity contribution in [1.82, 2.24) is 5.32 Å². The molecule has 1 unspecified atom stereocenters. The van der Waals surface area contributed by atoms with E-state index in [2.05, 4.69) is 10.4 Å². The molecule has 1 N–H and O–H groups in total. The smallest absolute Gasteiger partial charge is 0.251 e. The van der Waals surface area contributed by atoms with Crippen LogP contribution in [0.5, 0.6) is 0 Å². The third-order valence-electron chi connectivity index (χ3n) is 4.30. The summed E-state index contributed by atoms with van der Waals surface area (Å²) in [5.74, 6) is 1.61. The topological polar surface area (TPSA) is 57.8 Å². The Morgan fingerprint density at radius 3 is 2.50 bits per heavy atom. The van der Waals surface area contributed by atoms with Crippen LogP contribution in [0.2, 0.25) is 0 Å². The van der Waals surface area contributed by atoms with Gasteiger partial charge in [0.2, 0.25) is 0 Å². The maximum Gasteiger partial charge on any atom is 0.251 e. The van der Waals surface area contributed by atoms with E-state index in [1.54, 1.807) is 0 Å². The molecule has 0 bridgehead atoms. The van der Waals surface area contributed by atoms with Crippen LogP contribution in [-0.4, -0.2) is 18.2 Å². The maximum atomic E-state index is 12.4. The second-order valence-corrected chi connectivity index (χ2v) is 6.32. The molecule has 1 amide bonds. The maximum absolute atomic E-state index is 12.4. The number of anilines is 1. The van der Waals surface area contributed by atoms with Crippen LogP contribution in [0.3, 0.4) is 0 Å². The van der Waals surface area contributed by atoms with Crippen molar-refractivity contribution in [1.29, 1.82) is 0 Å². The normalized spacial score (nSPS) is 15.3. The Hall–Kier alpha value is -2.56. The summed E-state index contributed by atoms with van der Waals surface area (Å²) in [4.78, 5) is 12.4. The number of hydrazone groups is 1. The Bertz CT molecular complexity index is 774. The molecule has 5 heteroatoms. The molecule has 1 aromatic heterocycles. The molecule has 1 aliphatic heterocycles. The van der Waals surface area contributed by atoms with Gasteiger partial charge in [-0.2, -0.15) is 5.10 Å². The molecular formula is C19H23N3O2. The number of nitrogens with one attached hydrogen (secondary N) is 1. The first-order chi connectivity index (χ1) is 11.4. The van der Waals surface area contributed by atoms with E-state index >= 15 is 0 Å². The second-order valence-electron chi connectivity index (χ2n) is 6.32. The summed E-state index contributed by atoms with van der Waals surface area (Å²) in [6.07, 6.45) is 0.989. The van der Waals surface area contributed by atoms with E-state index in [9.17, 15) is 4.79 Å². The fourth-order valence-electron chi connectivity index (χ4n) is 2.98. The van der Waals surface area contributed by atoms with E-state index in [1.165, 1.54) is 0 Å². The van der Waals surface area contributed by atoms with E-state index in [-0.39, 0.29) is 11.9 Å². The highest BCUT2D eigenvalue weighted by Gasteiger charge is 2.17. The van der Waals surface area contributed by atoms with Gasteiger partial charge < -0.3 is 9.73 Å². The molecule has 126 valence electrons. The van der Waals surface area contributed by atoms with Crippen LogP contribution in [0.1, 0.15) is 53.8 Å². The number of hydrogen-bond donors (Lipinski definition) is 1. The summed E-state index contributed by atoms with van der Waals surface area (Å²) in [6.45, 7) is 8.71. The standard InChI is InChI=1S/C19H23N3O2/c1-12-9-10-22(21-12)17-7-5-16(6-8-17)19(23)20-14(3)18-11-13(2)24-15(18)4/h5-8,11,14H,9-10H2,1-4H3,(H,20,23). The molecule has 0 saturated carbocycles. The number of benzene rings is 1. The van der Waals surface area contributed by atoms with Gasteiger partial charge in [0.25, 0.3) is 5.91 Å². The fraction of sp³-hybridized carbons (Fsp3) is 0.368. The van der Waals surface area contributed by atoms with Gasteiger partial charge >= 0.3 is 0 Å². The number of nitrogens with zero attached hydrogens (tertiary/aromatic N) is 2. The van der Waals surface area contributed by atoms with Gasteiger partial charge in [0.1, 0.15) is 11.5 Å². The minimum Gasteiger partial charge on any atom is -0.466 e. The minimum absolute atomic E-state index is 0.0894. The van der Waals surface area contributed by atoms with Crippen molar-refractivity contribution < 1.29 is 9.21 Å². The van der Waals surface area contributed by atoms with Crippen LogP contribution < -0.4 is 10.3 Å². The molecule has 1 aromatic carbocycles. The molecule has 1 atom stereocenters. The van der Waals surface area contributed by atoms with Gasteiger partial charge in [-0.3, -0.25) is 9.80 Å². The highest BCUT2D eigenvalue weighted by atomic mass is 16.3. The first-order valence-electron chi connectivity index (χ1n) is 8.23. The summed E-state index contributed by atoms with van der Waals surface area (Å²) < 4.78 is 5.54. The van der Waals surface area contributed by atoms with E-state index in [0.717, 1.165) is 41.4 Å². The third-order valence-corrected chi connectivity index (χ3v) is 4.30. The van der Waals surface area contributed by atoms with Gasteiger partial charge in [-0.1, -0.05) is 0 Å². The number of furan rings is 1. The van der Waals surface area contributed by atoms with Crippen LogP contribution in [-0.2, 0) is 0 Å². The molecule has 0 aliphatic carbocycles. The van der Waals surface area contributed by atoms with E-state index in [4.69, 9.17) is 4.42 Å². The Kier molecular flexibility index (Phi) is 4.42. The Morgan fingerprint density at radius 2 is 1.96 bits per heavy atom. The summed E-state index contributed by atoms with van der Waals surface area (Å²) >= 11 is 0. The van der Waals surface area contributed by atoms with Crippen molar-refractivity contribution in [3.05, 3.63) is 53.0 Å². The zero-order valence-corrected chi connectivity index (χ0v) is 14.6. The number of amides is 1. The van der Waals surface area contributed by atoms with E-state index in [1.807, 2.05) is 63.0 Å². The van der Waals surface area contributed by atoms with Crippen LogP contribution in [0.15, 0.2) is 39.9 Å². The quantitative estimate of drug-likeness (QED) is 0.925. The lowest BCUT2D eigenvalue weighted by Crippen LogP contribution is -2.26. The second kappa shape index (κ2) is 6.51. The van der Waals surface area contributed by atoms with Gasteiger partial charge in [-0.05, 0) is 58.0 Å². The molecule has 1 aliphatic rings. The van der Waals surface area contributed by atoms with Crippen molar-refractivity contribution in [3.63, 3.8) is 0 Å². The number of hydrogen-bond acceptors (Lipinski definition) is 4. The molecule has 3 rings (SSSR count). The summed E-state index contributed by atoms with van der Waals surface area (Å²) in [7, 11) is 0. The Morgan fingerprint density at radius 1 is 1.25 bits per heavy atom. The fourth-order valence-corrected chi connectivity index (χ4v) is 2.98. The summed E-state index contributed by atoms with van der Waals surface area (Å²) in [5, 5.41) is 9.46. The third kappa shape index (κ3) is 3.35. The highest BCUT2D eigenvalue weighted by molar-refractivity contribution is 5.95. The average molecular weight is 325 g/mol. The first-order valence-corrected chi connectivity index (χ1v) is 8.23. The Labute approximate surface area is 142 Å². The SMILES string of the molecule is CC1=NN(c2ccc(C(=O)NC(C)c3cc(C)oc3C)cc2)CC1. The lowest BCUT2D eigenvalue weighted by Gasteiger charge is -2.15. The van der Waals surface area contributed by atoms with Crippen LogP contribution >= 0.6 is 0 Å². The number of carbonyl (C=O) groups is 1. The van der Waals surface area contributed by atoms with E-state index in [0.29, 0.717) is 5.56 Å². The van der Waals surface area contributed by atoms with Crippen LogP contribution in [0.25, 0.3) is 0 Å². The van der Waals surface area contributed by atoms with Gasteiger partial charge in [-0.25, -0.2) is 0 Å². The van der Waals surface area contributed by atoms with Crippen LogP contribution in [0, 0.1) is 13.8 Å². The van der Waals surface area contributed by atoms with Crippen molar-refractivity contribution >= 4 is 17.3 Å². The van der Waals surface area contributed by atoms with Gasteiger partial charge in [0.15, 0.2) is 0 Å². The molecule has 0 saturated heterocycles. The van der Waals surface area contributed by atoms with Crippen molar-refractivity contribution in [2.45, 2.75) is 40.2 Å². The minimum atomic E-state index is -0.0968. The summed E-state index contributed by atoms with van der Waals surface area (Å²) in [6, 6.07) is 9.43. The Balaban J connectivity index is 1.68. The summed E-state index contributed by atoms with van der Waals surface area (Å²) in [5.41, 5.74) is 3.80. The predicted octanol–water partition coefficient (Wildman–Crippen LogP) is 3.97. The van der Waals surface area contributed by atoms with Crippen molar-refractivity contribution in [2.24, 2.45) is 5.10 Å². The first kappa shape index (κ1) is 16.3. The zero-order valence-electron chi connectivity index (χ0n) is 14.6. The molecule has 0 fully saturated rings. The largest absolute Gasteiger partial charge is 0.466 e. The van der Waals surface area contributed by atoms with Gasteiger partial charge in [-0.15, -0.1) is 0 Å². The number of carbonyl (C=O) groups excluding carboxylic acids is 1. The molecule has 5 nitrogen and oxygen atoms in total. The molecular weight excluding hydrogens is 302 g/mol. The lowest BCUT2D eigenvalue weighted by molar-refractivity contribution is 0.0939. The van der Waals surface area contributed by atoms with E-state index < -0.39 is 0 Å². The van der Waals surface area contributed by atoms with Gasteiger partial charge in [0.05, 0.1) is 11.7 Å². The molecule has 0 radical (unpaired) electrons. The van der Waals surface area contributed by atoms with Gasteiger partial charge in [0, 0.05) is 29.8 Å². The number of rotatable bonds is 4. The molecule has 2 aromatic rings. The van der Waals surface area contributed by atoms with Crippen molar-refractivity contribution in [2.75, 3.05) is 11.6 Å². The zero-order chi connectivity index (χ0) is 17.3. The lowest BCUT2D eigenvalue weighted by atomic mass is 10.1. The van der Waals surface area contributed by atoms with Crippen LogP contribution in [0.4, 0.5) is 5.69 Å². The molecule has 24 heavy (non-hydrogen) atoms. The number of aryl methyl sites for hydroxylation is 2. The molecule has 2 heterocycles. The van der Waals surface area contributed by atoms with Crippen molar-refractivity contribution in [3.8, 4) is 0 Å². The highest BCUT2D eigenvalue weighted by Crippen LogP contribution is 2.23. The average Bonchev–Trinajstić information content (AvgIpc) is 3.12. The molecule has 0 spiro atoms. The predicted molar refractivity (Wildman–Crippen MR) is 95.6 cm³/mol.